The average molecular weight is 372 g/mol. The van der Waals surface area contributed by atoms with Gasteiger partial charge < -0.3 is 19.9 Å². The molecule has 0 saturated carbocycles. The molecule has 0 spiro atoms. The molecule has 0 aliphatic heterocycles. The predicted molar refractivity (Wildman–Crippen MR) is 88.9 cm³/mol. The molecule has 0 fully saturated rings. The Hall–Kier alpha value is -1.24. The van der Waals surface area contributed by atoms with Crippen LogP contribution in [0.15, 0.2) is 22.7 Å². The fraction of sp³-hybridized carbons (Fsp3) is 0.333. The first-order valence-corrected chi connectivity index (χ1v) is 7.94. The van der Waals surface area contributed by atoms with Gasteiger partial charge in [-0.1, -0.05) is 0 Å². The number of thiophene rings is 1. The highest BCUT2D eigenvalue weighted by atomic mass is 79.9. The maximum absolute atomic E-state index is 6.40. The van der Waals surface area contributed by atoms with Crippen LogP contribution in [-0.4, -0.2) is 21.3 Å². The average Bonchev–Trinajstić information content (AvgIpc) is 2.84. The van der Waals surface area contributed by atoms with Crippen molar-refractivity contribution >= 4 is 27.3 Å². The highest BCUT2D eigenvalue weighted by molar-refractivity contribution is 9.10. The summed E-state index contributed by atoms with van der Waals surface area (Å²) in [7, 11) is 4.78. The lowest BCUT2D eigenvalue weighted by Gasteiger charge is -2.19. The number of hydrogen-bond donors (Lipinski definition) is 1. The first-order valence-electron chi connectivity index (χ1n) is 6.33. The fourth-order valence-corrected chi connectivity index (χ4v) is 3.74. The third-order valence-electron chi connectivity index (χ3n) is 3.25. The van der Waals surface area contributed by atoms with Crippen LogP contribution in [-0.2, 0) is 0 Å². The Bertz CT molecular complexity index is 623. The number of nitrogens with two attached hydrogens (primary N) is 1. The summed E-state index contributed by atoms with van der Waals surface area (Å²) in [5.74, 6) is 1.78. The van der Waals surface area contributed by atoms with E-state index in [2.05, 4.69) is 22.9 Å². The summed E-state index contributed by atoms with van der Waals surface area (Å²) in [5, 5.41) is 0. The Morgan fingerprint density at radius 3 is 2.24 bits per heavy atom. The number of benzene rings is 1. The maximum Gasteiger partial charge on any atom is 0.203 e. The largest absolute Gasteiger partial charge is 0.493 e. The van der Waals surface area contributed by atoms with Gasteiger partial charge in [0.2, 0.25) is 5.75 Å². The second-order valence-electron chi connectivity index (χ2n) is 4.45. The van der Waals surface area contributed by atoms with Gasteiger partial charge in [0.25, 0.3) is 0 Å². The molecule has 1 unspecified atom stereocenters. The number of aryl methyl sites for hydroxylation is 1. The van der Waals surface area contributed by atoms with Gasteiger partial charge >= 0.3 is 0 Å². The molecule has 2 rings (SSSR count). The van der Waals surface area contributed by atoms with Crippen molar-refractivity contribution in [2.24, 2.45) is 5.73 Å². The molecule has 0 bridgehead atoms. The fourth-order valence-electron chi connectivity index (χ4n) is 2.16. The van der Waals surface area contributed by atoms with Crippen LogP contribution in [0, 0.1) is 6.92 Å². The van der Waals surface area contributed by atoms with Gasteiger partial charge in [0.05, 0.1) is 27.4 Å². The standard InChI is InChI=1S/C15H18BrNO3S/c1-8-10(16)7-12(21-8)13(17)9-5-6-11(18-2)15(20-4)14(9)19-3/h5-7,13H,17H2,1-4H3. The van der Waals surface area contributed by atoms with Crippen molar-refractivity contribution in [2.45, 2.75) is 13.0 Å². The lowest BCUT2D eigenvalue weighted by Crippen LogP contribution is -2.12. The van der Waals surface area contributed by atoms with E-state index >= 15 is 0 Å². The van der Waals surface area contributed by atoms with E-state index in [1.165, 1.54) is 4.88 Å². The smallest absolute Gasteiger partial charge is 0.203 e. The minimum absolute atomic E-state index is 0.283. The number of ether oxygens (including phenoxy) is 3. The lowest BCUT2D eigenvalue weighted by atomic mass is 10.0. The van der Waals surface area contributed by atoms with E-state index in [1.807, 2.05) is 18.2 Å². The van der Waals surface area contributed by atoms with Crippen molar-refractivity contribution in [3.05, 3.63) is 38.0 Å². The monoisotopic (exact) mass is 371 g/mol. The van der Waals surface area contributed by atoms with E-state index in [-0.39, 0.29) is 6.04 Å². The van der Waals surface area contributed by atoms with Crippen LogP contribution in [0.4, 0.5) is 0 Å². The zero-order chi connectivity index (χ0) is 15.6. The molecule has 0 radical (unpaired) electrons. The minimum Gasteiger partial charge on any atom is -0.493 e. The Labute approximate surface area is 137 Å². The summed E-state index contributed by atoms with van der Waals surface area (Å²) in [6, 6.07) is 5.51. The Kier molecular flexibility index (Phi) is 5.13. The molecule has 0 aliphatic rings. The quantitative estimate of drug-likeness (QED) is 0.865. The van der Waals surface area contributed by atoms with Gasteiger partial charge in [-0.3, -0.25) is 0 Å². The maximum atomic E-state index is 6.40. The van der Waals surface area contributed by atoms with Crippen LogP contribution < -0.4 is 19.9 Å². The van der Waals surface area contributed by atoms with Gasteiger partial charge in [-0.05, 0) is 41.1 Å². The summed E-state index contributed by atoms with van der Waals surface area (Å²) in [6.45, 7) is 2.05. The third kappa shape index (κ3) is 3.02. The molecule has 21 heavy (non-hydrogen) atoms. The molecule has 0 amide bonds. The molecule has 1 atom stereocenters. The molecular formula is C15H18BrNO3S. The predicted octanol–water partition coefficient (Wildman–Crippen LogP) is 3.89. The molecule has 114 valence electrons. The van der Waals surface area contributed by atoms with Crippen molar-refractivity contribution in [1.82, 2.24) is 0 Å². The molecule has 4 nitrogen and oxygen atoms in total. The van der Waals surface area contributed by atoms with E-state index in [9.17, 15) is 0 Å². The van der Waals surface area contributed by atoms with Crippen LogP contribution in [0.3, 0.4) is 0 Å². The summed E-state index contributed by atoms with van der Waals surface area (Å²) in [4.78, 5) is 2.25. The highest BCUT2D eigenvalue weighted by Crippen LogP contribution is 2.44. The summed E-state index contributed by atoms with van der Waals surface area (Å²) < 4.78 is 17.3. The first-order chi connectivity index (χ1) is 10.0. The van der Waals surface area contributed by atoms with Crippen molar-refractivity contribution in [1.29, 1.82) is 0 Å². The number of hydrogen-bond acceptors (Lipinski definition) is 5. The lowest BCUT2D eigenvalue weighted by molar-refractivity contribution is 0.321. The molecular weight excluding hydrogens is 354 g/mol. The summed E-state index contributed by atoms with van der Waals surface area (Å²) in [5.41, 5.74) is 7.27. The number of methoxy groups -OCH3 is 3. The second kappa shape index (κ2) is 6.68. The van der Waals surface area contributed by atoms with Gasteiger partial charge in [0.15, 0.2) is 11.5 Å². The van der Waals surface area contributed by atoms with Crippen LogP contribution >= 0.6 is 27.3 Å². The van der Waals surface area contributed by atoms with E-state index in [1.54, 1.807) is 32.7 Å². The molecule has 1 aromatic carbocycles. The molecule has 6 heteroatoms. The van der Waals surface area contributed by atoms with Crippen molar-refractivity contribution in [3.8, 4) is 17.2 Å². The molecule has 0 saturated heterocycles. The van der Waals surface area contributed by atoms with Crippen LogP contribution in [0.5, 0.6) is 17.2 Å². The molecule has 2 N–H and O–H groups in total. The minimum atomic E-state index is -0.283. The van der Waals surface area contributed by atoms with Gasteiger partial charge in [-0.2, -0.15) is 0 Å². The number of halogens is 1. The zero-order valence-corrected chi connectivity index (χ0v) is 14.8. The topological polar surface area (TPSA) is 53.7 Å². The van der Waals surface area contributed by atoms with Gasteiger partial charge in [0, 0.05) is 19.8 Å². The van der Waals surface area contributed by atoms with Crippen molar-refractivity contribution < 1.29 is 14.2 Å². The summed E-state index contributed by atoms with van der Waals surface area (Å²) in [6.07, 6.45) is 0. The SMILES string of the molecule is COc1ccc(C(N)c2cc(Br)c(C)s2)c(OC)c1OC. The van der Waals surface area contributed by atoms with E-state index in [4.69, 9.17) is 19.9 Å². The molecule has 2 aromatic rings. The third-order valence-corrected chi connectivity index (χ3v) is 5.47. The second-order valence-corrected chi connectivity index (χ2v) is 6.60. The molecule has 0 aliphatic carbocycles. The molecule has 1 heterocycles. The van der Waals surface area contributed by atoms with Crippen molar-refractivity contribution in [2.75, 3.05) is 21.3 Å². The summed E-state index contributed by atoms with van der Waals surface area (Å²) >= 11 is 5.18. The zero-order valence-electron chi connectivity index (χ0n) is 12.4. The van der Waals surface area contributed by atoms with Crippen molar-refractivity contribution in [3.63, 3.8) is 0 Å². The Morgan fingerprint density at radius 1 is 1.10 bits per heavy atom. The van der Waals surface area contributed by atoms with Crippen LogP contribution in [0.25, 0.3) is 0 Å². The van der Waals surface area contributed by atoms with E-state index in [0.29, 0.717) is 17.2 Å². The van der Waals surface area contributed by atoms with E-state index in [0.717, 1.165) is 14.9 Å². The van der Waals surface area contributed by atoms with Gasteiger partial charge in [0.1, 0.15) is 0 Å². The Balaban J connectivity index is 2.52. The van der Waals surface area contributed by atoms with E-state index < -0.39 is 0 Å². The van der Waals surface area contributed by atoms with Gasteiger partial charge in [-0.15, -0.1) is 11.3 Å². The number of rotatable bonds is 5. The van der Waals surface area contributed by atoms with Gasteiger partial charge in [-0.25, -0.2) is 0 Å². The normalized spacial score (nSPS) is 12.1. The Morgan fingerprint density at radius 2 is 1.76 bits per heavy atom. The first kappa shape index (κ1) is 16.1. The highest BCUT2D eigenvalue weighted by Gasteiger charge is 2.22. The molecule has 1 aromatic heterocycles. The van der Waals surface area contributed by atoms with Crippen LogP contribution in [0.1, 0.15) is 21.4 Å². The van der Waals surface area contributed by atoms with Crippen LogP contribution in [0.2, 0.25) is 0 Å².